The summed E-state index contributed by atoms with van der Waals surface area (Å²) in [4.78, 5) is 24.3. The average molecular weight is 401 g/mol. The predicted molar refractivity (Wildman–Crippen MR) is 106 cm³/mol. The monoisotopic (exact) mass is 400 g/mol. The molecule has 0 radical (unpaired) electrons. The van der Waals surface area contributed by atoms with Gasteiger partial charge in [-0.25, -0.2) is 4.98 Å². The van der Waals surface area contributed by atoms with Crippen LogP contribution >= 0.6 is 22.9 Å². The Morgan fingerprint density at radius 3 is 2.81 bits per heavy atom. The van der Waals surface area contributed by atoms with Crippen molar-refractivity contribution in [1.82, 2.24) is 14.8 Å². The van der Waals surface area contributed by atoms with Crippen molar-refractivity contribution in [3.8, 4) is 0 Å². The summed E-state index contributed by atoms with van der Waals surface area (Å²) in [5, 5.41) is 1.58. The number of amides is 1. The highest BCUT2D eigenvalue weighted by Gasteiger charge is 2.24. The molecule has 0 unspecified atom stereocenters. The van der Waals surface area contributed by atoms with Gasteiger partial charge in [0.25, 0.3) is 0 Å². The first-order chi connectivity index (χ1) is 12.5. The Morgan fingerprint density at radius 2 is 2.12 bits per heavy atom. The number of anilines is 1. The van der Waals surface area contributed by atoms with E-state index in [0.29, 0.717) is 30.7 Å². The molecule has 0 spiro atoms. The van der Waals surface area contributed by atoms with Gasteiger partial charge in [0.05, 0.1) is 18.1 Å². The smallest absolute Gasteiger partial charge is 0.222 e. The van der Waals surface area contributed by atoms with Gasteiger partial charge in [-0.1, -0.05) is 22.9 Å². The number of carbonyl (C=O) groups is 1. The molecular weight excluding hydrogens is 372 g/mol. The van der Waals surface area contributed by atoms with Crippen molar-refractivity contribution in [1.29, 1.82) is 0 Å². The minimum atomic E-state index is 0.284. The highest BCUT2D eigenvalue weighted by molar-refractivity contribution is 7.16. The fraction of sp³-hybridized carbons (Fsp3) is 0.778. The summed E-state index contributed by atoms with van der Waals surface area (Å²) in [7, 11) is 3.97. The molecule has 0 N–H and O–H groups in total. The number of nitrogens with zero attached hydrogens (tertiary/aromatic N) is 4. The topological polar surface area (TPSA) is 48.9 Å². The highest BCUT2D eigenvalue weighted by Crippen LogP contribution is 2.31. The van der Waals surface area contributed by atoms with Gasteiger partial charge < -0.3 is 14.5 Å². The average Bonchev–Trinajstić information content (AvgIpc) is 3.02. The second-order valence-electron chi connectivity index (χ2n) is 7.38. The molecule has 2 saturated heterocycles. The van der Waals surface area contributed by atoms with Crippen LogP contribution in [0.5, 0.6) is 0 Å². The molecule has 6 nitrogen and oxygen atoms in total. The summed E-state index contributed by atoms with van der Waals surface area (Å²) < 4.78 is 5.32. The standard InChI is InChI=1S/C18H29ClN4O2S/c1-21(2)18-20-17(19)15(26-18)13-22-7-3-4-14(12-22)5-6-16(24)23-8-10-25-11-9-23/h14H,3-13H2,1-2H3/t14-/m0/s1. The highest BCUT2D eigenvalue weighted by atomic mass is 35.5. The Balaban J connectivity index is 1.47. The third-order valence-corrected chi connectivity index (χ3v) is 6.75. The van der Waals surface area contributed by atoms with Crippen LogP contribution in [-0.4, -0.2) is 74.2 Å². The van der Waals surface area contributed by atoms with Crippen LogP contribution in [0.1, 0.15) is 30.6 Å². The second-order valence-corrected chi connectivity index (χ2v) is 8.80. The normalized spacial score (nSPS) is 21.8. The van der Waals surface area contributed by atoms with Gasteiger partial charge in [-0.3, -0.25) is 9.69 Å². The lowest BCUT2D eigenvalue weighted by Crippen LogP contribution is -2.41. The molecule has 0 saturated carbocycles. The van der Waals surface area contributed by atoms with E-state index in [0.717, 1.165) is 49.2 Å². The van der Waals surface area contributed by atoms with Gasteiger partial charge >= 0.3 is 0 Å². The fourth-order valence-electron chi connectivity index (χ4n) is 3.64. The first-order valence-corrected chi connectivity index (χ1v) is 10.6. The number of thiazole rings is 1. The number of hydrogen-bond acceptors (Lipinski definition) is 6. The molecule has 3 heterocycles. The number of halogens is 1. The lowest BCUT2D eigenvalue weighted by atomic mass is 9.93. The van der Waals surface area contributed by atoms with E-state index in [2.05, 4.69) is 9.88 Å². The van der Waals surface area contributed by atoms with E-state index in [1.807, 2.05) is 23.9 Å². The Kier molecular flexibility index (Phi) is 7.14. The summed E-state index contributed by atoms with van der Waals surface area (Å²) in [6, 6.07) is 0. The van der Waals surface area contributed by atoms with Crippen molar-refractivity contribution in [2.45, 2.75) is 32.2 Å². The van der Waals surface area contributed by atoms with E-state index < -0.39 is 0 Å². The van der Waals surface area contributed by atoms with Crippen molar-refractivity contribution in [3.63, 3.8) is 0 Å². The lowest BCUT2D eigenvalue weighted by Gasteiger charge is -2.33. The van der Waals surface area contributed by atoms with E-state index in [4.69, 9.17) is 16.3 Å². The molecule has 2 aliphatic rings. The summed E-state index contributed by atoms with van der Waals surface area (Å²) in [5.74, 6) is 0.875. The van der Waals surface area contributed by atoms with E-state index >= 15 is 0 Å². The molecule has 1 atom stereocenters. The van der Waals surface area contributed by atoms with Crippen LogP contribution in [0.25, 0.3) is 0 Å². The van der Waals surface area contributed by atoms with Crippen LogP contribution in [0.3, 0.4) is 0 Å². The Bertz CT molecular complexity index is 604. The van der Waals surface area contributed by atoms with Gasteiger partial charge in [0.15, 0.2) is 5.13 Å². The Hall–Kier alpha value is -0.890. The third kappa shape index (κ3) is 5.31. The summed E-state index contributed by atoms with van der Waals surface area (Å²) in [6.45, 7) is 5.84. The van der Waals surface area contributed by atoms with Gasteiger partial charge in [-0.05, 0) is 31.7 Å². The number of rotatable bonds is 6. The number of carbonyl (C=O) groups excluding carboxylic acids is 1. The maximum absolute atomic E-state index is 12.4. The zero-order valence-corrected chi connectivity index (χ0v) is 17.3. The van der Waals surface area contributed by atoms with E-state index in [-0.39, 0.29) is 5.91 Å². The third-order valence-electron chi connectivity index (χ3n) is 5.12. The van der Waals surface area contributed by atoms with E-state index in [1.165, 1.54) is 12.8 Å². The number of ether oxygens (including phenoxy) is 1. The molecule has 0 aliphatic carbocycles. The molecule has 0 bridgehead atoms. The largest absolute Gasteiger partial charge is 0.378 e. The second kappa shape index (κ2) is 9.35. The van der Waals surface area contributed by atoms with Gasteiger partial charge in [0.1, 0.15) is 5.15 Å². The van der Waals surface area contributed by atoms with Gasteiger partial charge in [0, 0.05) is 46.7 Å². The number of morpholine rings is 1. The van der Waals surface area contributed by atoms with Crippen molar-refractivity contribution in [2.75, 3.05) is 58.4 Å². The molecule has 2 aliphatic heterocycles. The van der Waals surface area contributed by atoms with Crippen LogP contribution in [-0.2, 0) is 16.1 Å². The Morgan fingerprint density at radius 1 is 1.35 bits per heavy atom. The van der Waals surface area contributed by atoms with Gasteiger partial charge in [0.2, 0.25) is 5.91 Å². The van der Waals surface area contributed by atoms with Crippen LogP contribution in [0.15, 0.2) is 0 Å². The molecule has 0 aromatic carbocycles. The zero-order valence-electron chi connectivity index (χ0n) is 15.7. The van der Waals surface area contributed by atoms with Crippen molar-refractivity contribution >= 4 is 34.0 Å². The minimum Gasteiger partial charge on any atom is -0.378 e. The van der Waals surface area contributed by atoms with Crippen LogP contribution in [0.2, 0.25) is 5.15 Å². The quantitative estimate of drug-likeness (QED) is 0.734. The molecular formula is C18H29ClN4O2S. The summed E-state index contributed by atoms with van der Waals surface area (Å²) >= 11 is 7.99. The molecule has 8 heteroatoms. The van der Waals surface area contributed by atoms with Crippen molar-refractivity contribution in [2.24, 2.45) is 5.92 Å². The minimum absolute atomic E-state index is 0.284. The Labute approximate surface area is 165 Å². The lowest BCUT2D eigenvalue weighted by molar-refractivity contribution is -0.135. The van der Waals surface area contributed by atoms with Crippen LogP contribution in [0.4, 0.5) is 5.13 Å². The SMILES string of the molecule is CN(C)c1nc(Cl)c(CN2CCC[C@@H](CCC(=O)N3CCOCC3)C2)s1. The molecule has 26 heavy (non-hydrogen) atoms. The maximum Gasteiger partial charge on any atom is 0.222 e. The molecule has 1 aromatic heterocycles. The summed E-state index contributed by atoms with van der Waals surface area (Å²) in [6.07, 6.45) is 4.04. The van der Waals surface area contributed by atoms with Crippen molar-refractivity contribution in [3.05, 3.63) is 10.0 Å². The number of piperidine rings is 1. The molecule has 1 amide bonds. The maximum atomic E-state index is 12.4. The van der Waals surface area contributed by atoms with Gasteiger partial charge in [-0.15, -0.1) is 0 Å². The molecule has 3 rings (SSSR count). The fourth-order valence-corrected chi connectivity index (χ4v) is 4.86. The van der Waals surface area contributed by atoms with Crippen molar-refractivity contribution < 1.29 is 9.53 Å². The van der Waals surface area contributed by atoms with Crippen LogP contribution in [0, 0.1) is 5.92 Å². The molecule has 2 fully saturated rings. The van der Waals surface area contributed by atoms with Gasteiger partial charge in [-0.2, -0.15) is 0 Å². The molecule has 1 aromatic rings. The van der Waals surface area contributed by atoms with E-state index in [9.17, 15) is 4.79 Å². The molecule has 146 valence electrons. The zero-order chi connectivity index (χ0) is 18.5. The predicted octanol–water partition coefficient (Wildman–Crippen LogP) is 2.71. The first kappa shape index (κ1) is 19.9. The number of aromatic nitrogens is 1. The first-order valence-electron chi connectivity index (χ1n) is 9.43. The number of hydrogen-bond donors (Lipinski definition) is 0. The summed E-state index contributed by atoms with van der Waals surface area (Å²) in [5.41, 5.74) is 0. The van der Waals surface area contributed by atoms with E-state index in [1.54, 1.807) is 11.3 Å². The van der Waals surface area contributed by atoms with Crippen LogP contribution < -0.4 is 4.90 Å². The number of likely N-dealkylation sites (tertiary alicyclic amines) is 1.